The molecule has 0 saturated carbocycles. The molecule has 5 heteroatoms. The summed E-state index contributed by atoms with van der Waals surface area (Å²) in [5.41, 5.74) is 0. The molecule has 0 amide bonds. The van der Waals surface area contributed by atoms with E-state index in [2.05, 4.69) is 0 Å². The summed E-state index contributed by atoms with van der Waals surface area (Å²) in [5.74, 6) is 0.153. The molecule has 1 atom stereocenters. The third-order valence-electron chi connectivity index (χ3n) is 2.00. The van der Waals surface area contributed by atoms with E-state index in [-0.39, 0.29) is 5.75 Å². The lowest BCUT2D eigenvalue weighted by molar-refractivity contribution is 0.0782. The van der Waals surface area contributed by atoms with Crippen molar-refractivity contribution < 1.29 is 18.3 Å². The Morgan fingerprint density at radius 1 is 1.27 bits per heavy atom. The minimum Gasteiger partial charge on any atom is -0.393 e. The molecule has 0 bridgehead atoms. The molecule has 15 heavy (non-hydrogen) atoms. The van der Waals surface area contributed by atoms with Crippen LogP contribution in [0, 0.1) is 0 Å². The number of rotatable bonds is 9. The quantitative estimate of drug-likeness (QED) is 0.608. The van der Waals surface area contributed by atoms with E-state index in [1.165, 1.54) is 6.26 Å². The molecule has 0 fully saturated rings. The van der Waals surface area contributed by atoms with E-state index in [0.29, 0.717) is 25.9 Å². The molecule has 1 unspecified atom stereocenters. The lowest BCUT2D eigenvalue weighted by Crippen LogP contribution is -2.13. The van der Waals surface area contributed by atoms with Crippen LogP contribution in [0.5, 0.6) is 0 Å². The molecule has 0 aromatic heterocycles. The number of sulfone groups is 1. The van der Waals surface area contributed by atoms with E-state index in [1.54, 1.807) is 0 Å². The SMILES string of the molecule is CCCOCCC(O)CCCS(C)(=O)=O. The molecular weight excluding hydrogens is 216 g/mol. The summed E-state index contributed by atoms with van der Waals surface area (Å²) < 4.78 is 26.8. The van der Waals surface area contributed by atoms with Gasteiger partial charge in [0.25, 0.3) is 0 Å². The summed E-state index contributed by atoms with van der Waals surface area (Å²) in [7, 11) is -2.89. The van der Waals surface area contributed by atoms with Crippen LogP contribution < -0.4 is 0 Å². The van der Waals surface area contributed by atoms with E-state index in [1.807, 2.05) is 6.92 Å². The first-order valence-corrected chi connectivity index (χ1v) is 7.45. The van der Waals surface area contributed by atoms with Gasteiger partial charge in [0, 0.05) is 25.2 Å². The van der Waals surface area contributed by atoms with Crippen LogP contribution in [0.15, 0.2) is 0 Å². The Morgan fingerprint density at radius 2 is 1.93 bits per heavy atom. The van der Waals surface area contributed by atoms with Gasteiger partial charge < -0.3 is 9.84 Å². The molecule has 4 nitrogen and oxygen atoms in total. The van der Waals surface area contributed by atoms with Gasteiger partial charge in [-0.05, 0) is 25.7 Å². The molecule has 0 radical (unpaired) electrons. The Balaban J connectivity index is 3.37. The predicted molar refractivity (Wildman–Crippen MR) is 60.7 cm³/mol. The van der Waals surface area contributed by atoms with Crippen LogP contribution in [-0.2, 0) is 14.6 Å². The van der Waals surface area contributed by atoms with Gasteiger partial charge in [-0.1, -0.05) is 6.92 Å². The van der Waals surface area contributed by atoms with Crippen LogP contribution in [0.1, 0.15) is 32.6 Å². The minimum atomic E-state index is -2.89. The lowest BCUT2D eigenvalue weighted by atomic mass is 10.1. The average molecular weight is 238 g/mol. The van der Waals surface area contributed by atoms with Gasteiger partial charge >= 0.3 is 0 Å². The fourth-order valence-electron chi connectivity index (χ4n) is 1.19. The highest BCUT2D eigenvalue weighted by molar-refractivity contribution is 7.90. The van der Waals surface area contributed by atoms with E-state index in [4.69, 9.17) is 4.74 Å². The van der Waals surface area contributed by atoms with Gasteiger partial charge in [-0.3, -0.25) is 0 Å². The second-order valence-corrected chi connectivity index (χ2v) is 6.09. The second-order valence-electron chi connectivity index (χ2n) is 3.83. The Hall–Kier alpha value is -0.130. The highest BCUT2D eigenvalue weighted by Gasteiger charge is 2.07. The normalized spacial score (nSPS) is 14.1. The molecule has 0 aromatic rings. The second kappa shape index (κ2) is 8.07. The van der Waals surface area contributed by atoms with Crippen LogP contribution in [0.3, 0.4) is 0 Å². The van der Waals surface area contributed by atoms with Crippen LogP contribution in [0.4, 0.5) is 0 Å². The van der Waals surface area contributed by atoms with Crippen molar-refractivity contribution in [1.29, 1.82) is 0 Å². The molecule has 0 spiro atoms. The highest BCUT2D eigenvalue weighted by atomic mass is 32.2. The summed E-state index contributed by atoms with van der Waals surface area (Å²) in [4.78, 5) is 0. The topological polar surface area (TPSA) is 63.6 Å². The van der Waals surface area contributed by atoms with Crippen molar-refractivity contribution in [1.82, 2.24) is 0 Å². The van der Waals surface area contributed by atoms with Gasteiger partial charge in [0.05, 0.1) is 6.10 Å². The molecule has 92 valence electrons. The van der Waals surface area contributed by atoms with Crippen molar-refractivity contribution in [3.8, 4) is 0 Å². The molecule has 0 heterocycles. The Bertz CT molecular complexity index is 236. The van der Waals surface area contributed by atoms with Crippen LogP contribution in [0.25, 0.3) is 0 Å². The van der Waals surface area contributed by atoms with Crippen molar-refractivity contribution in [3.63, 3.8) is 0 Å². The molecule has 0 rings (SSSR count). The molecule has 0 aromatic carbocycles. The van der Waals surface area contributed by atoms with Crippen molar-refractivity contribution >= 4 is 9.84 Å². The van der Waals surface area contributed by atoms with Gasteiger partial charge in [-0.2, -0.15) is 0 Å². The zero-order chi connectivity index (χ0) is 11.7. The maximum atomic E-state index is 10.8. The average Bonchev–Trinajstić information content (AvgIpc) is 2.10. The summed E-state index contributed by atoms with van der Waals surface area (Å²) in [6, 6.07) is 0. The molecule has 0 saturated heterocycles. The molecule has 0 aliphatic rings. The van der Waals surface area contributed by atoms with Crippen molar-refractivity contribution in [2.45, 2.75) is 38.7 Å². The number of hydrogen-bond acceptors (Lipinski definition) is 4. The maximum absolute atomic E-state index is 10.8. The summed E-state index contributed by atoms with van der Waals surface area (Å²) in [5, 5.41) is 9.47. The van der Waals surface area contributed by atoms with Crippen LogP contribution >= 0.6 is 0 Å². The lowest BCUT2D eigenvalue weighted by Gasteiger charge is -2.09. The number of aliphatic hydroxyl groups excluding tert-OH is 1. The van der Waals surface area contributed by atoms with E-state index in [0.717, 1.165) is 13.0 Å². The highest BCUT2D eigenvalue weighted by Crippen LogP contribution is 2.03. The largest absolute Gasteiger partial charge is 0.393 e. The summed E-state index contributed by atoms with van der Waals surface area (Å²) >= 11 is 0. The standard InChI is InChI=1S/C10H22O4S/c1-3-7-14-8-6-10(11)5-4-9-15(2,12)13/h10-11H,3-9H2,1-2H3. The first-order chi connectivity index (χ1) is 6.95. The van der Waals surface area contributed by atoms with Crippen LogP contribution in [0.2, 0.25) is 0 Å². The maximum Gasteiger partial charge on any atom is 0.147 e. The fourth-order valence-corrected chi connectivity index (χ4v) is 1.88. The van der Waals surface area contributed by atoms with Gasteiger partial charge in [-0.15, -0.1) is 0 Å². The Labute approximate surface area is 92.6 Å². The van der Waals surface area contributed by atoms with Crippen molar-refractivity contribution in [3.05, 3.63) is 0 Å². The first-order valence-electron chi connectivity index (χ1n) is 5.39. The van der Waals surface area contributed by atoms with Gasteiger partial charge in [0.15, 0.2) is 0 Å². The summed E-state index contributed by atoms with van der Waals surface area (Å²) in [6.07, 6.45) is 3.39. The van der Waals surface area contributed by atoms with Gasteiger partial charge in [0.1, 0.15) is 9.84 Å². The number of hydrogen-bond donors (Lipinski definition) is 1. The van der Waals surface area contributed by atoms with E-state index >= 15 is 0 Å². The smallest absolute Gasteiger partial charge is 0.147 e. The first kappa shape index (κ1) is 14.9. The van der Waals surface area contributed by atoms with Crippen LogP contribution in [-0.4, -0.2) is 44.9 Å². The zero-order valence-corrected chi connectivity index (χ0v) is 10.4. The molecule has 1 N–H and O–H groups in total. The monoisotopic (exact) mass is 238 g/mol. The van der Waals surface area contributed by atoms with Gasteiger partial charge in [-0.25, -0.2) is 8.42 Å². The number of ether oxygens (including phenoxy) is 1. The van der Waals surface area contributed by atoms with Crippen molar-refractivity contribution in [2.24, 2.45) is 0 Å². The number of aliphatic hydroxyl groups is 1. The van der Waals surface area contributed by atoms with Gasteiger partial charge in [0.2, 0.25) is 0 Å². The Kier molecular flexibility index (Phi) is 8.00. The molecule has 0 aliphatic carbocycles. The van der Waals surface area contributed by atoms with Crippen molar-refractivity contribution in [2.75, 3.05) is 25.2 Å². The summed E-state index contributed by atoms with van der Waals surface area (Å²) in [6.45, 7) is 3.30. The predicted octanol–water partition coefficient (Wildman–Crippen LogP) is 0.989. The third-order valence-corrected chi connectivity index (χ3v) is 3.03. The molecule has 0 aliphatic heterocycles. The third kappa shape index (κ3) is 11.8. The fraction of sp³-hybridized carbons (Fsp3) is 1.00. The minimum absolute atomic E-state index is 0.153. The van der Waals surface area contributed by atoms with E-state index < -0.39 is 15.9 Å². The van der Waals surface area contributed by atoms with E-state index in [9.17, 15) is 13.5 Å². The Morgan fingerprint density at radius 3 is 2.47 bits per heavy atom. The zero-order valence-electron chi connectivity index (χ0n) is 9.61. The molecular formula is C10H22O4S.